The van der Waals surface area contributed by atoms with Crippen molar-refractivity contribution in [3.8, 4) is 11.6 Å². The molecule has 26 heavy (non-hydrogen) atoms. The predicted molar refractivity (Wildman–Crippen MR) is 98.2 cm³/mol. The van der Waals surface area contributed by atoms with E-state index in [1.54, 1.807) is 30.1 Å². The van der Waals surface area contributed by atoms with Crippen LogP contribution in [-0.2, 0) is 0 Å². The summed E-state index contributed by atoms with van der Waals surface area (Å²) in [6.07, 6.45) is 2.52. The molecule has 1 atom stereocenters. The van der Waals surface area contributed by atoms with Crippen molar-refractivity contribution in [2.75, 3.05) is 23.9 Å². The molecule has 1 aromatic heterocycles. The van der Waals surface area contributed by atoms with Gasteiger partial charge in [-0.3, -0.25) is 14.9 Å². The van der Waals surface area contributed by atoms with Gasteiger partial charge in [0.2, 0.25) is 5.88 Å². The van der Waals surface area contributed by atoms with Crippen LogP contribution in [0.3, 0.4) is 0 Å². The predicted octanol–water partition coefficient (Wildman–Crippen LogP) is 3.14. The van der Waals surface area contributed by atoms with Crippen LogP contribution in [0.1, 0.15) is 16.8 Å². The van der Waals surface area contributed by atoms with Crippen LogP contribution < -0.4 is 14.8 Å². The van der Waals surface area contributed by atoms with E-state index in [1.807, 2.05) is 0 Å². The molecular formula is C17H17N3O5S. The quantitative estimate of drug-likeness (QED) is 0.611. The number of aromatic nitrogens is 1. The normalized spacial score (nSPS) is 16.1. The SMILES string of the molecule is COc1cc([N+](=O)[O-])ccc1NC(=O)c1cccnc1OC1CCSC1. The molecule has 0 spiro atoms. The first kappa shape index (κ1) is 18.0. The van der Waals surface area contributed by atoms with Gasteiger partial charge in [0.15, 0.2) is 0 Å². The molecule has 1 N–H and O–H groups in total. The number of pyridine rings is 1. The highest BCUT2D eigenvalue weighted by atomic mass is 32.2. The third-order valence-corrected chi connectivity index (χ3v) is 4.96. The van der Waals surface area contributed by atoms with Gasteiger partial charge in [-0.1, -0.05) is 0 Å². The summed E-state index contributed by atoms with van der Waals surface area (Å²) >= 11 is 1.80. The zero-order valence-electron chi connectivity index (χ0n) is 14.0. The number of hydrogen-bond donors (Lipinski definition) is 1. The number of nitrogens with one attached hydrogen (secondary N) is 1. The average molecular weight is 375 g/mol. The van der Waals surface area contributed by atoms with Gasteiger partial charge in [-0.25, -0.2) is 4.98 Å². The van der Waals surface area contributed by atoms with E-state index in [-0.39, 0.29) is 23.4 Å². The van der Waals surface area contributed by atoms with Gasteiger partial charge in [0.05, 0.1) is 23.8 Å². The lowest BCUT2D eigenvalue weighted by molar-refractivity contribution is -0.384. The highest BCUT2D eigenvalue weighted by Crippen LogP contribution is 2.30. The van der Waals surface area contributed by atoms with Crippen LogP contribution >= 0.6 is 11.8 Å². The first-order chi connectivity index (χ1) is 12.6. The maximum absolute atomic E-state index is 12.7. The molecule has 0 bridgehead atoms. The minimum absolute atomic E-state index is 0.0374. The van der Waals surface area contributed by atoms with Gasteiger partial charge >= 0.3 is 0 Å². The lowest BCUT2D eigenvalue weighted by atomic mass is 10.2. The van der Waals surface area contributed by atoms with E-state index < -0.39 is 10.8 Å². The molecule has 1 aliphatic heterocycles. The summed E-state index contributed by atoms with van der Waals surface area (Å²) in [5, 5.41) is 13.6. The van der Waals surface area contributed by atoms with E-state index in [0.29, 0.717) is 11.3 Å². The fourth-order valence-electron chi connectivity index (χ4n) is 2.51. The molecule has 2 aromatic rings. The maximum Gasteiger partial charge on any atom is 0.273 e. The highest BCUT2D eigenvalue weighted by molar-refractivity contribution is 7.99. The van der Waals surface area contributed by atoms with Gasteiger partial charge in [0.25, 0.3) is 11.6 Å². The van der Waals surface area contributed by atoms with Gasteiger partial charge < -0.3 is 14.8 Å². The molecule has 9 heteroatoms. The molecule has 0 aliphatic carbocycles. The van der Waals surface area contributed by atoms with Crippen LogP contribution in [-0.4, -0.2) is 40.5 Å². The number of benzene rings is 1. The number of hydrogen-bond acceptors (Lipinski definition) is 7. The first-order valence-electron chi connectivity index (χ1n) is 7.91. The number of amides is 1. The van der Waals surface area contributed by atoms with E-state index in [9.17, 15) is 14.9 Å². The fourth-order valence-corrected chi connectivity index (χ4v) is 3.60. The number of methoxy groups -OCH3 is 1. The Morgan fingerprint density at radius 2 is 2.27 bits per heavy atom. The summed E-state index contributed by atoms with van der Waals surface area (Å²) in [6.45, 7) is 0. The minimum atomic E-state index is -0.527. The minimum Gasteiger partial charge on any atom is -0.494 e. The van der Waals surface area contributed by atoms with E-state index in [0.717, 1.165) is 17.9 Å². The molecule has 1 amide bonds. The van der Waals surface area contributed by atoms with Crippen molar-refractivity contribution in [3.05, 3.63) is 52.2 Å². The second-order valence-corrected chi connectivity index (χ2v) is 6.71. The summed E-state index contributed by atoms with van der Waals surface area (Å²) < 4.78 is 11.0. The maximum atomic E-state index is 12.7. The van der Waals surface area contributed by atoms with E-state index in [4.69, 9.17) is 9.47 Å². The van der Waals surface area contributed by atoms with Crippen LogP contribution in [0.25, 0.3) is 0 Å². The lowest BCUT2D eigenvalue weighted by Gasteiger charge is -2.15. The van der Waals surface area contributed by atoms with Gasteiger partial charge in [0, 0.05) is 18.0 Å². The molecule has 1 aromatic carbocycles. The third-order valence-electron chi connectivity index (χ3n) is 3.83. The molecule has 1 aliphatic rings. The zero-order chi connectivity index (χ0) is 18.5. The molecule has 1 saturated heterocycles. The Morgan fingerprint density at radius 1 is 1.42 bits per heavy atom. The van der Waals surface area contributed by atoms with Crippen LogP contribution in [0.2, 0.25) is 0 Å². The summed E-state index contributed by atoms with van der Waals surface area (Å²) in [7, 11) is 1.38. The number of ether oxygens (including phenoxy) is 2. The number of nitro groups is 1. The Morgan fingerprint density at radius 3 is 2.96 bits per heavy atom. The van der Waals surface area contributed by atoms with Crippen molar-refractivity contribution < 1.29 is 19.2 Å². The number of thioether (sulfide) groups is 1. The molecule has 2 heterocycles. The Kier molecular flexibility index (Phi) is 5.57. The topological polar surface area (TPSA) is 104 Å². The highest BCUT2D eigenvalue weighted by Gasteiger charge is 2.22. The van der Waals surface area contributed by atoms with Crippen LogP contribution in [0.15, 0.2) is 36.5 Å². The van der Waals surface area contributed by atoms with E-state index in [1.165, 1.54) is 25.3 Å². The molecule has 136 valence electrons. The van der Waals surface area contributed by atoms with E-state index in [2.05, 4.69) is 10.3 Å². The summed E-state index contributed by atoms with van der Waals surface area (Å²) in [6, 6.07) is 7.26. The average Bonchev–Trinajstić information content (AvgIpc) is 3.15. The smallest absolute Gasteiger partial charge is 0.273 e. The first-order valence-corrected chi connectivity index (χ1v) is 9.07. The van der Waals surface area contributed by atoms with Gasteiger partial charge in [0.1, 0.15) is 17.4 Å². The third kappa shape index (κ3) is 4.05. The van der Waals surface area contributed by atoms with Gasteiger partial charge in [-0.2, -0.15) is 11.8 Å². The molecule has 0 saturated carbocycles. The Hall–Kier alpha value is -2.81. The number of carbonyl (C=O) groups excluding carboxylic acids is 1. The molecule has 3 rings (SSSR count). The van der Waals surface area contributed by atoms with Gasteiger partial charge in [-0.15, -0.1) is 0 Å². The van der Waals surface area contributed by atoms with Gasteiger partial charge in [-0.05, 0) is 30.4 Å². The number of nitro benzene ring substituents is 1. The largest absolute Gasteiger partial charge is 0.494 e. The summed E-state index contributed by atoms with van der Waals surface area (Å²) in [4.78, 5) is 27.2. The van der Waals surface area contributed by atoms with Crippen molar-refractivity contribution in [2.24, 2.45) is 0 Å². The van der Waals surface area contributed by atoms with Crippen molar-refractivity contribution >= 4 is 29.0 Å². The van der Waals surface area contributed by atoms with Crippen LogP contribution in [0.4, 0.5) is 11.4 Å². The number of anilines is 1. The molecule has 8 nitrogen and oxygen atoms in total. The number of non-ortho nitro benzene ring substituents is 1. The standard InChI is InChI=1S/C17H17N3O5S/c1-24-15-9-11(20(22)23)4-5-14(15)19-16(21)13-3-2-7-18-17(13)25-12-6-8-26-10-12/h2-5,7,9,12H,6,8,10H2,1H3,(H,19,21). The Balaban J connectivity index is 1.81. The van der Waals surface area contributed by atoms with Crippen molar-refractivity contribution in [2.45, 2.75) is 12.5 Å². The lowest BCUT2D eigenvalue weighted by Crippen LogP contribution is -2.20. The molecule has 1 unspecified atom stereocenters. The Bertz CT molecular complexity index is 824. The molecule has 0 radical (unpaired) electrons. The van der Waals surface area contributed by atoms with Crippen molar-refractivity contribution in [1.82, 2.24) is 4.98 Å². The Labute approximate surface area is 154 Å². The molecule has 1 fully saturated rings. The van der Waals surface area contributed by atoms with E-state index >= 15 is 0 Å². The fraction of sp³-hybridized carbons (Fsp3) is 0.294. The number of nitrogens with zero attached hydrogens (tertiary/aromatic N) is 2. The summed E-state index contributed by atoms with van der Waals surface area (Å²) in [5.41, 5.74) is 0.503. The van der Waals surface area contributed by atoms with Crippen molar-refractivity contribution in [3.63, 3.8) is 0 Å². The second kappa shape index (κ2) is 8.05. The summed E-state index contributed by atoms with van der Waals surface area (Å²) in [5.74, 6) is 1.95. The molecular weight excluding hydrogens is 358 g/mol. The van der Waals surface area contributed by atoms with Crippen LogP contribution in [0.5, 0.6) is 11.6 Å². The van der Waals surface area contributed by atoms with Crippen LogP contribution in [0, 0.1) is 10.1 Å². The van der Waals surface area contributed by atoms with Crippen molar-refractivity contribution in [1.29, 1.82) is 0 Å². The zero-order valence-corrected chi connectivity index (χ0v) is 14.8. The number of rotatable bonds is 6. The monoisotopic (exact) mass is 375 g/mol. The number of carbonyl (C=O) groups is 1. The second-order valence-electron chi connectivity index (χ2n) is 5.56.